The number of aromatic amines is 1. The Bertz CT molecular complexity index is 66.2. The Hall–Kier alpha value is -0.230. The Labute approximate surface area is 54.6 Å². The molecule has 4 nitrogen and oxygen atoms in total. The Morgan fingerprint density at radius 2 is 2.00 bits per heavy atom. The van der Waals surface area contributed by atoms with Gasteiger partial charge in [0.25, 0.3) is 0 Å². The van der Waals surface area contributed by atoms with E-state index in [1.165, 1.54) is 6.33 Å². The molecule has 6 heteroatoms. The van der Waals surface area contributed by atoms with Gasteiger partial charge in [0.05, 0.1) is 0 Å². The SMILES string of the molecule is S.S.c1nnn[nH]1. The van der Waals surface area contributed by atoms with Gasteiger partial charge < -0.3 is 0 Å². The van der Waals surface area contributed by atoms with Crippen LogP contribution in [0.4, 0.5) is 0 Å². The van der Waals surface area contributed by atoms with E-state index >= 15 is 0 Å². The first kappa shape index (κ1) is 9.91. The van der Waals surface area contributed by atoms with Gasteiger partial charge in [0.15, 0.2) is 0 Å². The minimum atomic E-state index is 0. The molecular formula is CH6N4S2. The highest BCUT2D eigenvalue weighted by Gasteiger charge is 1.58. The molecule has 7 heavy (non-hydrogen) atoms. The molecular weight excluding hydrogens is 132 g/mol. The van der Waals surface area contributed by atoms with E-state index in [1.807, 2.05) is 0 Å². The summed E-state index contributed by atoms with van der Waals surface area (Å²) in [6, 6.07) is 0. The Kier molecular flexibility index (Phi) is 8.17. The van der Waals surface area contributed by atoms with Crippen molar-refractivity contribution < 1.29 is 0 Å². The molecule has 0 spiro atoms. The topological polar surface area (TPSA) is 54.5 Å². The third-order valence-corrected chi connectivity index (χ3v) is 0.270. The molecule has 0 bridgehead atoms. The molecule has 1 aromatic heterocycles. The predicted molar refractivity (Wildman–Crippen MR) is 34.9 cm³/mol. The van der Waals surface area contributed by atoms with Gasteiger partial charge in [0, 0.05) is 0 Å². The zero-order valence-electron chi connectivity index (χ0n) is 3.42. The average molecular weight is 138 g/mol. The molecule has 0 aliphatic heterocycles. The summed E-state index contributed by atoms with van der Waals surface area (Å²) < 4.78 is 0. The molecule has 0 atom stereocenters. The molecule has 0 aromatic carbocycles. The molecule has 0 saturated heterocycles. The van der Waals surface area contributed by atoms with Crippen molar-refractivity contribution in [3.63, 3.8) is 0 Å². The van der Waals surface area contributed by atoms with Crippen LogP contribution in [0.1, 0.15) is 0 Å². The van der Waals surface area contributed by atoms with Crippen molar-refractivity contribution >= 4 is 27.0 Å². The summed E-state index contributed by atoms with van der Waals surface area (Å²) in [5, 5.41) is 12.1. The highest BCUT2D eigenvalue weighted by molar-refractivity contribution is 7.59. The van der Waals surface area contributed by atoms with Gasteiger partial charge in [-0.05, 0) is 10.4 Å². The van der Waals surface area contributed by atoms with Gasteiger partial charge in [0.1, 0.15) is 6.33 Å². The number of H-pyrrole nitrogens is 1. The molecule has 1 N–H and O–H groups in total. The van der Waals surface area contributed by atoms with E-state index in [2.05, 4.69) is 20.6 Å². The normalized spacial score (nSPS) is 5.71. The average Bonchev–Trinajstić information content (AvgIpc) is 1.76. The molecule has 42 valence electrons. The molecule has 0 saturated carbocycles. The molecule has 0 fully saturated rings. The van der Waals surface area contributed by atoms with E-state index in [-0.39, 0.29) is 27.0 Å². The van der Waals surface area contributed by atoms with Crippen LogP contribution in [0.3, 0.4) is 0 Å². The highest BCUT2D eigenvalue weighted by atomic mass is 32.1. The standard InChI is InChI=1S/CH2N4.2H2S/c1-2-4-5-3-1;;/h1H,(H,2,3,4,5);2*1H2. The van der Waals surface area contributed by atoms with Gasteiger partial charge in [0.2, 0.25) is 0 Å². The molecule has 0 radical (unpaired) electrons. The zero-order valence-corrected chi connectivity index (χ0v) is 5.42. The van der Waals surface area contributed by atoms with Crippen LogP contribution in [0, 0.1) is 0 Å². The largest absolute Gasteiger partial charge is 0.246 e. The van der Waals surface area contributed by atoms with Crippen LogP contribution in [0.15, 0.2) is 6.33 Å². The van der Waals surface area contributed by atoms with Crippen LogP contribution in [-0.2, 0) is 0 Å². The van der Waals surface area contributed by atoms with Crippen LogP contribution < -0.4 is 0 Å². The fraction of sp³-hybridized carbons (Fsp3) is 0. The first-order valence-electron chi connectivity index (χ1n) is 1.17. The van der Waals surface area contributed by atoms with Gasteiger partial charge in [-0.25, -0.2) is 5.10 Å². The van der Waals surface area contributed by atoms with Gasteiger partial charge in [-0.3, -0.25) is 0 Å². The van der Waals surface area contributed by atoms with E-state index in [0.717, 1.165) is 0 Å². The molecule has 1 heterocycles. The summed E-state index contributed by atoms with van der Waals surface area (Å²) in [5.74, 6) is 0. The second-order valence-corrected chi connectivity index (χ2v) is 0.563. The van der Waals surface area contributed by atoms with Crippen LogP contribution in [0.5, 0.6) is 0 Å². The fourth-order valence-corrected chi connectivity index (χ4v) is 0.129. The summed E-state index contributed by atoms with van der Waals surface area (Å²) in [4.78, 5) is 0. The Morgan fingerprint density at radius 1 is 1.29 bits per heavy atom. The summed E-state index contributed by atoms with van der Waals surface area (Å²) in [6.07, 6.45) is 1.40. The lowest BCUT2D eigenvalue weighted by Crippen LogP contribution is -1.64. The maximum Gasteiger partial charge on any atom is 0.135 e. The summed E-state index contributed by atoms with van der Waals surface area (Å²) in [5.41, 5.74) is 0. The van der Waals surface area contributed by atoms with E-state index in [1.54, 1.807) is 0 Å². The number of hydrogen-bond donors (Lipinski definition) is 1. The molecule has 0 unspecified atom stereocenters. The monoisotopic (exact) mass is 138 g/mol. The van der Waals surface area contributed by atoms with Crippen molar-refractivity contribution in [3.8, 4) is 0 Å². The summed E-state index contributed by atoms with van der Waals surface area (Å²) >= 11 is 0. The van der Waals surface area contributed by atoms with Crippen molar-refractivity contribution in [1.29, 1.82) is 0 Å². The highest BCUT2D eigenvalue weighted by Crippen LogP contribution is 1.43. The second kappa shape index (κ2) is 5.77. The van der Waals surface area contributed by atoms with Crippen LogP contribution in [0.2, 0.25) is 0 Å². The lowest BCUT2D eigenvalue weighted by atomic mass is 11.4. The molecule has 1 rings (SSSR count). The first-order chi connectivity index (χ1) is 2.50. The second-order valence-electron chi connectivity index (χ2n) is 0.563. The minimum absolute atomic E-state index is 0. The fourth-order valence-electron chi connectivity index (χ4n) is 0.129. The third-order valence-electron chi connectivity index (χ3n) is 0.270. The first-order valence-corrected chi connectivity index (χ1v) is 1.17. The van der Waals surface area contributed by atoms with Crippen molar-refractivity contribution in [3.05, 3.63) is 6.33 Å². The van der Waals surface area contributed by atoms with Gasteiger partial charge in [-0.15, -0.1) is 5.10 Å². The summed E-state index contributed by atoms with van der Waals surface area (Å²) in [6.45, 7) is 0. The van der Waals surface area contributed by atoms with Crippen molar-refractivity contribution in [2.75, 3.05) is 0 Å². The summed E-state index contributed by atoms with van der Waals surface area (Å²) in [7, 11) is 0. The van der Waals surface area contributed by atoms with Crippen LogP contribution >= 0.6 is 27.0 Å². The van der Waals surface area contributed by atoms with Crippen LogP contribution in [0.25, 0.3) is 0 Å². The number of nitrogens with zero attached hydrogens (tertiary/aromatic N) is 3. The van der Waals surface area contributed by atoms with Gasteiger partial charge in [-0.2, -0.15) is 27.0 Å². The van der Waals surface area contributed by atoms with Crippen molar-refractivity contribution in [2.24, 2.45) is 0 Å². The maximum atomic E-state index is 3.31. The van der Waals surface area contributed by atoms with Crippen molar-refractivity contribution in [2.45, 2.75) is 0 Å². The maximum absolute atomic E-state index is 3.31. The Balaban J connectivity index is 0. The number of rotatable bonds is 0. The lowest BCUT2D eigenvalue weighted by molar-refractivity contribution is 0.881. The minimum Gasteiger partial charge on any atom is -0.246 e. The number of hydrogen-bond acceptors (Lipinski definition) is 3. The zero-order chi connectivity index (χ0) is 3.54. The van der Waals surface area contributed by atoms with E-state index in [0.29, 0.717) is 0 Å². The number of aromatic nitrogens is 4. The van der Waals surface area contributed by atoms with Gasteiger partial charge >= 0.3 is 0 Å². The molecule has 1 aromatic rings. The van der Waals surface area contributed by atoms with Gasteiger partial charge in [-0.1, -0.05) is 0 Å². The van der Waals surface area contributed by atoms with Crippen molar-refractivity contribution in [1.82, 2.24) is 20.6 Å². The molecule has 0 amide bonds. The quantitative estimate of drug-likeness (QED) is 0.522. The lowest BCUT2D eigenvalue weighted by Gasteiger charge is -1.42. The third kappa shape index (κ3) is 3.60. The molecule has 0 aliphatic rings. The van der Waals surface area contributed by atoms with Crippen LogP contribution in [-0.4, -0.2) is 20.6 Å². The smallest absolute Gasteiger partial charge is 0.135 e. The van der Waals surface area contributed by atoms with E-state index in [4.69, 9.17) is 0 Å². The van der Waals surface area contributed by atoms with E-state index < -0.39 is 0 Å². The molecule has 0 aliphatic carbocycles. The van der Waals surface area contributed by atoms with E-state index in [9.17, 15) is 0 Å². The number of tetrazole rings is 1. The number of nitrogens with one attached hydrogen (secondary N) is 1. The Morgan fingerprint density at radius 3 is 2.14 bits per heavy atom. The predicted octanol–water partition coefficient (Wildman–Crippen LogP) is -0.575.